The van der Waals surface area contributed by atoms with Gasteiger partial charge in [-0.05, 0) is 61.5 Å². The highest BCUT2D eigenvalue weighted by atomic mass is 19.1. The monoisotopic (exact) mass is 379 g/mol. The smallest absolute Gasteiger partial charge is 0.338 e. The SMILES string of the molecule is CCOC(=O)c1ccc(NC(=O)c2cc(Nc3cccc(F)c3)ccn2)cc1. The fourth-order valence-corrected chi connectivity index (χ4v) is 2.46. The maximum absolute atomic E-state index is 13.3. The summed E-state index contributed by atoms with van der Waals surface area (Å²) in [5.41, 5.74) is 2.27. The van der Waals surface area contributed by atoms with Crippen molar-refractivity contribution in [1.29, 1.82) is 0 Å². The fraction of sp³-hybridized carbons (Fsp3) is 0.0952. The van der Waals surface area contributed by atoms with Gasteiger partial charge in [0.25, 0.3) is 5.91 Å². The number of benzene rings is 2. The number of hydrogen-bond donors (Lipinski definition) is 2. The number of pyridine rings is 1. The molecule has 1 amide bonds. The first-order valence-electron chi connectivity index (χ1n) is 8.62. The molecule has 2 N–H and O–H groups in total. The topological polar surface area (TPSA) is 80.3 Å². The molecule has 142 valence electrons. The highest BCUT2D eigenvalue weighted by Crippen LogP contribution is 2.18. The second kappa shape index (κ2) is 8.77. The number of carbonyl (C=O) groups is 2. The molecular weight excluding hydrogens is 361 g/mol. The van der Waals surface area contributed by atoms with Crippen LogP contribution in [0.3, 0.4) is 0 Å². The fourth-order valence-electron chi connectivity index (χ4n) is 2.46. The van der Waals surface area contributed by atoms with Gasteiger partial charge < -0.3 is 15.4 Å². The molecule has 0 radical (unpaired) electrons. The van der Waals surface area contributed by atoms with Crippen LogP contribution in [0, 0.1) is 5.82 Å². The van der Waals surface area contributed by atoms with E-state index in [9.17, 15) is 14.0 Å². The molecule has 0 unspecified atom stereocenters. The van der Waals surface area contributed by atoms with E-state index < -0.39 is 11.9 Å². The number of ether oxygens (including phenoxy) is 1. The summed E-state index contributed by atoms with van der Waals surface area (Å²) < 4.78 is 18.2. The van der Waals surface area contributed by atoms with Crippen molar-refractivity contribution < 1.29 is 18.7 Å². The Labute approximate surface area is 161 Å². The first-order chi connectivity index (χ1) is 13.5. The van der Waals surface area contributed by atoms with E-state index in [2.05, 4.69) is 15.6 Å². The lowest BCUT2D eigenvalue weighted by Crippen LogP contribution is -2.14. The van der Waals surface area contributed by atoms with Crippen molar-refractivity contribution in [2.24, 2.45) is 0 Å². The summed E-state index contributed by atoms with van der Waals surface area (Å²) in [6.45, 7) is 2.03. The number of carbonyl (C=O) groups excluding carboxylic acids is 2. The standard InChI is InChI=1S/C21H18FN3O3/c1-2-28-21(27)14-6-8-16(9-7-14)25-20(26)19-13-18(10-11-23-19)24-17-5-3-4-15(22)12-17/h3-13H,2H2,1H3,(H,23,24)(H,25,26). The van der Waals surface area contributed by atoms with Gasteiger partial charge in [-0.3, -0.25) is 9.78 Å². The van der Waals surface area contributed by atoms with E-state index in [0.29, 0.717) is 29.2 Å². The molecule has 1 aromatic heterocycles. The van der Waals surface area contributed by atoms with E-state index in [4.69, 9.17) is 4.74 Å². The van der Waals surface area contributed by atoms with Gasteiger partial charge >= 0.3 is 5.97 Å². The Morgan fingerprint density at radius 1 is 1.00 bits per heavy atom. The lowest BCUT2D eigenvalue weighted by atomic mass is 10.2. The van der Waals surface area contributed by atoms with Crippen molar-refractivity contribution in [2.75, 3.05) is 17.2 Å². The van der Waals surface area contributed by atoms with Crippen LogP contribution in [0.1, 0.15) is 27.8 Å². The Bertz CT molecular complexity index is 990. The van der Waals surface area contributed by atoms with E-state index in [1.54, 1.807) is 55.5 Å². The van der Waals surface area contributed by atoms with Crippen LogP contribution in [0.5, 0.6) is 0 Å². The summed E-state index contributed by atoms with van der Waals surface area (Å²) >= 11 is 0. The number of aromatic nitrogens is 1. The number of nitrogens with one attached hydrogen (secondary N) is 2. The van der Waals surface area contributed by atoms with E-state index in [1.165, 1.54) is 18.3 Å². The van der Waals surface area contributed by atoms with Crippen molar-refractivity contribution in [3.63, 3.8) is 0 Å². The molecule has 6 nitrogen and oxygen atoms in total. The number of rotatable bonds is 6. The van der Waals surface area contributed by atoms with Crippen molar-refractivity contribution in [2.45, 2.75) is 6.92 Å². The van der Waals surface area contributed by atoms with Gasteiger partial charge in [-0.2, -0.15) is 0 Å². The Hall–Kier alpha value is -3.74. The first-order valence-corrected chi connectivity index (χ1v) is 8.62. The third-order valence-electron chi connectivity index (χ3n) is 3.76. The van der Waals surface area contributed by atoms with E-state index in [1.807, 2.05) is 0 Å². The van der Waals surface area contributed by atoms with Crippen molar-refractivity contribution in [3.05, 3.63) is 83.9 Å². The van der Waals surface area contributed by atoms with Crippen molar-refractivity contribution in [3.8, 4) is 0 Å². The summed E-state index contributed by atoms with van der Waals surface area (Å²) in [5, 5.41) is 5.74. The molecule has 0 atom stereocenters. The van der Waals surface area contributed by atoms with Gasteiger partial charge in [0.2, 0.25) is 0 Å². The van der Waals surface area contributed by atoms with Gasteiger partial charge in [-0.15, -0.1) is 0 Å². The third-order valence-corrected chi connectivity index (χ3v) is 3.76. The number of anilines is 3. The molecule has 0 spiro atoms. The normalized spacial score (nSPS) is 10.2. The second-order valence-corrected chi connectivity index (χ2v) is 5.82. The number of amides is 1. The van der Waals surface area contributed by atoms with Gasteiger partial charge in [0, 0.05) is 23.3 Å². The number of hydrogen-bond acceptors (Lipinski definition) is 5. The summed E-state index contributed by atoms with van der Waals surface area (Å²) in [6, 6.07) is 15.6. The molecule has 2 aromatic carbocycles. The van der Waals surface area contributed by atoms with E-state index >= 15 is 0 Å². The van der Waals surface area contributed by atoms with Gasteiger partial charge in [-0.25, -0.2) is 9.18 Å². The molecule has 0 aliphatic carbocycles. The van der Waals surface area contributed by atoms with Crippen molar-refractivity contribution >= 4 is 28.9 Å². The predicted molar refractivity (Wildman–Crippen MR) is 104 cm³/mol. The Morgan fingerprint density at radius 3 is 2.46 bits per heavy atom. The lowest BCUT2D eigenvalue weighted by molar-refractivity contribution is 0.0526. The van der Waals surface area contributed by atoms with Crippen LogP contribution >= 0.6 is 0 Å². The van der Waals surface area contributed by atoms with Crippen LogP contribution in [0.15, 0.2) is 66.9 Å². The summed E-state index contributed by atoms with van der Waals surface area (Å²) in [7, 11) is 0. The average molecular weight is 379 g/mol. The summed E-state index contributed by atoms with van der Waals surface area (Å²) in [4.78, 5) is 28.2. The van der Waals surface area contributed by atoms with Gasteiger partial charge in [0.1, 0.15) is 11.5 Å². The first kappa shape index (κ1) is 19.0. The molecule has 3 aromatic rings. The second-order valence-electron chi connectivity index (χ2n) is 5.82. The van der Waals surface area contributed by atoms with Crippen LogP contribution in [0.4, 0.5) is 21.5 Å². The van der Waals surface area contributed by atoms with Crippen LogP contribution in [0.2, 0.25) is 0 Å². The molecule has 1 heterocycles. The zero-order valence-electron chi connectivity index (χ0n) is 15.1. The molecule has 0 saturated carbocycles. The molecule has 0 saturated heterocycles. The summed E-state index contributed by atoms with van der Waals surface area (Å²) in [6.07, 6.45) is 1.49. The quantitative estimate of drug-likeness (QED) is 0.621. The molecule has 0 aliphatic rings. The minimum atomic E-state index is -0.418. The maximum atomic E-state index is 13.3. The van der Waals surface area contributed by atoms with Crippen molar-refractivity contribution in [1.82, 2.24) is 4.98 Å². The third kappa shape index (κ3) is 4.91. The summed E-state index contributed by atoms with van der Waals surface area (Å²) in [5.74, 6) is -1.19. The van der Waals surface area contributed by atoms with Crippen LogP contribution in [-0.4, -0.2) is 23.5 Å². The Morgan fingerprint density at radius 2 is 1.75 bits per heavy atom. The van der Waals surface area contributed by atoms with Crippen LogP contribution < -0.4 is 10.6 Å². The molecule has 0 bridgehead atoms. The number of halogens is 1. The predicted octanol–water partition coefficient (Wildman–Crippen LogP) is 4.39. The Balaban J connectivity index is 1.68. The zero-order valence-corrected chi connectivity index (χ0v) is 15.1. The van der Waals surface area contributed by atoms with Crippen LogP contribution in [0.25, 0.3) is 0 Å². The minimum absolute atomic E-state index is 0.191. The number of nitrogens with zero attached hydrogens (tertiary/aromatic N) is 1. The maximum Gasteiger partial charge on any atom is 0.338 e. The largest absolute Gasteiger partial charge is 0.462 e. The van der Waals surface area contributed by atoms with Gasteiger partial charge in [-0.1, -0.05) is 6.07 Å². The minimum Gasteiger partial charge on any atom is -0.462 e. The Kier molecular flexibility index (Phi) is 5.96. The van der Waals surface area contributed by atoms with E-state index in [-0.39, 0.29) is 11.5 Å². The molecule has 28 heavy (non-hydrogen) atoms. The highest BCUT2D eigenvalue weighted by molar-refractivity contribution is 6.03. The van der Waals surface area contributed by atoms with E-state index in [0.717, 1.165) is 0 Å². The number of esters is 1. The zero-order chi connectivity index (χ0) is 19.9. The molecule has 7 heteroatoms. The van der Waals surface area contributed by atoms with Crippen LogP contribution in [-0.2, 0) is 4.74 Å². The molecule has 0 fully saturated rings. The molecular formula is C21H18FN3O3. The van der Waals surface area contributed by atoms with Gasteiger partial charge in [0.15, 0.2) is 0 Å². The molecule has 3 rings (SSSR count). The average Bonchev–Trinajstić information content (AvgIpc) is 2.69. The lowest BCUT2D eigenvalue weighted by Gasteiger charge is -2.09. The highest BCUT2D eigenvalue weighted by Gasteiger charge is 2.10. The van der Waals surface area contributed by atoms with Gasteiger partial charge in [0.05, 0.1) is 12.2 Å². The molecule has 0 aliphatic heterocycles.